The predicted molar refractivity (Wildman–Crippen MR) is 424 cm³/mol. The molecule has 34 heteroatoms. The molecule has 0 fully saturated rings. The van der Waals surface area contributed by atoms with Crippen molar-refractivity contribution in [3.8, 4) is 23.0 Å². The van der Waals surface area contributed by atoms with E-state index in [0.717, 1.165) is 50.8 Å². The number of alkyl halides is 6. The van der Waals surface area contributed by atoms with Crippen molar-refractivity contribution in [1.29, 1.82) is 0 Å². The number of ether oxygens (including phenoxy) is 4. The van der Waals surface area contributed by atoms with Crippen molar-refractivity contribution >= 4 is 115 Å². The van der Waals surface area contributed by atoms with Crippen molar-refractivity contribution in [1.82, 2.24) is 46.0 Å². The van der Waals surface area contributed by atoms with Crippen molar-refractivity contribution in [2.24, 2.45) is 5.73 Å². The van der Waals surface area contributed by atoms with Gasteiger partial charge in [-0.05, 0) is 129 Å². The van der Waals surface area contributed by atoms with Gasteiger partial charge in [-0.25, -0.2) is 43.3 Å². The summed E-state index contributed by atoms with van der Waals surface area (Å²) < 4.78 is 113. The first-order valence-corrected chi connectivity index (χ1v) is 36.6. The first-order chi connectivity index (χ1) is 46.7. The number of halogens is 11. The van der Waals surface area contributed by atoms with Gasteiger partial charge >= 0.3 is 12.4 Å². The summed E-state index contributed by atoms with van der Waals surface area (Å²) in [4.78, 5) is 32.8. The number of methoxy groups -OCH3 is 4. The van der Waals surface area contributed by atoms with Crippen LogP contribution in [0, 0.1) is 0 Å². The molecule has 105 heavy (non-hydrogen) atoms. The van der Waals surface area contributed by atoms with Crippen LogP contribution in [0.15, 0.2) is 88.8 Å². The summed E-state index contributed by atoms with van der Waals surface area (Å²) in [6.07, 6.45) is 4.94. The van der Waals surface area contributed by atoms with Crippen LogP contribution in [-0.4, -0.2) is 121 Å². The lowest BCUT2D eigenvalue weighted by atomic mass is 9.93. The van der Waals surface area contributed by atoms with Crippen LogP contribution in [0.4, 0.5) is 49.7 Å². The Balaban J connectivity index is 0. The highest BCUT2D eigenvalue weighted by Crippen LogP contribution is 2.38. The number of sulfone groups is 1. The highest BCUT2D eigenvalue weighted by Gasteiger charge is 2.28. The largest absolute Gasteiger partial charge is 0.495 e. The molecule has 12 N–H and O–H groups in total. The number of nitrogens with one attached hydrogen (secondary N) is 1. The second kappa shape index (κ2) is 45.8. The molecule has 0 spiro atoms. The molecule has 0 unspecified atom stereocenters. The molecule has 0 bridgehead atoms. The molecule has 0 atom stereocenters. The van der Waals surface area contributed by atoms with Crippen LogP contribution in [0.3, 0.4) is 0 Å². The van der Waals surface area contributed by atoms with Gasteiger partial charge in [0.2, 0.25) is 20.9 Å². The fraction of sp³-hybridized carbons (Fsp3) is 0.437. The minimum absolute atomic E-state index is 0. The SMILES string of the molecule is C.C.C.C.COc1cc(C(C)C)c(Cc2cnc(NCC(F)(F)F)nc2N)cc1Cl.COc1cc(C(C)C)c(Cc2cnc(S(C)(=O)=O)nc2N)cc1Cl.COc1cc(C(C)C)c(Cc2cnc(SC)nc2Cl)cc1Cl.COc1cc(C(C)C)c(Cc2cnc(SC)nc2N)cc1Cl.N.NCC(F)(F)F. The number of benzene rings is 4. The lowest BCUT2D eigenvalue weighted by Gasteiger charge is -2.16. The first kappa shape index (κ1) is 100. The zero-order valence-corrected chi connectivity index (χ0v) is 64.6. The maximum atomic E-state index is 12.3. The number of thioether (sulfide) groups is 2. The number of rotatable bonds is 21. The zero-order valence-electron chi connectivity index (χ0n) is 58.4. The van der Waals surface area contributed by atoms with E-state index in [4.69, 9.17) is 94.2 Å². The Hall–Kier alpha value is -6.80. The van der Waals surface area contributed by atoms with Crippen LogP contribution in [0.25, 0.3) is 0 Å². The van der Waals surface area contributed by atoms with Crippen LogP contribution in [0.2, 0.25) is 25.2 Å². The maximum absolute atomic E-state index is 12.3. The number of hydrogen-bond acceptors (Lipinski definition) is 22. The molecule has 20 nitrogen and oxygen atoms in total. The van der Waals surface area contributed by atoms with Crippen LogP contribution in [0.1, 0.15) is 176 Å². The zero-order chi connectivity index (χ0) is 75.3. The van der Waals surface area contributed by atoms with Crippen LogP contribution in [-0.2, 0) is 35.5 Å². The molecule has 0 amide bonds. The molecule has 586 valence electrons. The van der Waals surface area contributed by atoms with Gasteiger partial charge in [0.15, 0.2) is 10.3 Å². The van der Waals surface area contributed by atoms with E-state index in [1.807, 2.05) is 68.8 Å². The third-order valence-electron chi connectivity index (χ3n) is 14.5. The van der Waals surface area contributed by atoms with Crippen molar-refractivity contribution < 1.29 is 53.7 Å². The summed E-state index contributed by atoms with van der Waals surface area (Å²) >= 11 is 34.2. The molecule has 0 saturated heterocycles. The second-order valence-electron chi connectivity index (χ2n) is 23.2. The maximum Gasteiger partial charge on any atom is 0.405 e. The highest BCUT2D eigenvalue weighted by atomic mass is 35.5. The summed E-state index contributed by atoms with van der Waals surface area (Å²) in [5.74, 6) is 4.36. The second-order valence-corrected chi connectivity index (χ2v) is 28.7. The molecule has 0 aliphatic heterocycles. The number of aromatic nitrogens is 8. The van der Waals surface area contributed by atoms with Gasteiger partial charge in [0.1, 0.15) is 52.1 Å². The molecule has 0 aliphatic carbocycles. The number of nitrogens with zero attached hydrogens (tertiary/aromatic N) is 8. The van der Waals surface area contributed by atoms with E-state index in [9.17, 15) is 34.8 Å². The standard InChI is InChI=1S/C17H20ClF3N4O.C16H18Cl2N2OS.C16H20ClN3O3S.C16H20ClN3OS.C2H4F3N.4CH4.H3N/c1-9(2)12-6-14(26-3)13(18)5-10(12)4-11-7-23-16(25-15(11)22)24-8-17(19,20)21;1-9(2)12-7-14(21-3)13(17)6-10(12)5-11-8-19-16(22-4)20-15(11)18;1-9(2)12-7-14(23-3)13(17)6-10(12)5-11-8-19-16(20-15(11)18)24(4,21)22;1-9(2)12-7-14(21-3)13(17)6-10(12)5-11-8-19-16(22-4)20-15(11)18;3-2(4,5)1-6;;;;;/h5-7,9H,4,8H2,1-3H3,(H3,22,23,24,25);6-9H,5H2,1-4H3;6-9H,5H2,1-4H3,(H2,18,19,20);6-9H,5H2,1-4H3,(H2,18,19,20);1,6H2;4*1H4;1H3. The van der Waals surface area contributed by atoms with Gasteiger partial charge < -0.3 is 53.3 Å². The molecule has 4 aromatic heterocycles. The highest BCUT2D eigenvalue weighted by molar-refractivity contribution is 7.98. The van der Waals surface area contributed by atoms with Gasteiger partial charge in [-0.3, -0.25) is 0 Å². The van der Waals surface area contributed by atoms with E-state index in [-0.39, 0.29) is 70.4 Å². The van der Waals surface area contributed by atoms with E-state index >= 15 is 0 Å². The summed E-state index contributed by atoms with van der Waals surface area (Å²) in [7, 11) is 2.87. The van der Waals surface area contributed by atoms with E-state index < -0.39 is 35.3 Å². The Kier molecular flexibility index (Phi) is 43.7. The summed E-state index contributed by atoms with van der Waals surface area (Å²) in [5, 5.41) is 5.83. The smallest absolute Gasteiger partial charge is 0.405 e. The van der Waals surface area contributed by atoms with Crippen LogP contribution < -0.4 is 53.3 Å². The predicted octanol–water partition coefficient (Wildman–Crippen LogP) is 19.8. The quantitative estimate of drug-likeness (QED) is 0.0168. The van der Waals surface area contributed by atoms with Gasteiger partial charge in [-0.15, -0.1) is 0 Å². The Bertz CT molecular complexity index is 4060. The molecule has 8 rings (SSSR count). The van der Waals surface area contributed by atoms with Crippen molar-refractivity contribution in [3.05, 3.63) is 165 Å². The molecular formula is C71H101Cl5F6N14O6S3. The molecule has 4 heterocycles. The van der Waals surface area contributed by atoms with E-state index in [1.54, 1.807) is 46.9 Å². The minimum Gasteiger partial charge on any atom is -0.495 e. The van der Waals surface area contributed by atoms with Gasteiger partial charge in [0.25, 0.3) is 0 Å². The summed E-state index contributed by atoms with van der Waals surface area (Å²) in [5.41, 5.74) is 33.7. The van der Waals surface area contributed by atoms with E-state index in [0.29, 0.717) is 113 Å². The molecule has 0 saturated carbocycles. The van der Waals surface area contributed by atoms with E-state index in [1.165, 1.54) is 47.0 Å². The first-order valence-electron chi connectivity index (χ1n) is 30.4. The summed E-state index contributed by atoms with van der Waals surface area (Å²) in [6.45, 7) is 14.3. The average Bonchev–Trinajstić information content (AvgIpc) is 0.826. The Labute approximate surface area is 649 Å². The van der Waals surface area contributed by atoms with Crippen molar-refractivity contribution in [2.75, 3.05) is 82.8 Å². The summed E-state index contributed by atoms with van der Waals surface area (Å²) in [6, 6.07) is 15.3. The average molecular weight is 1630 g/mol. The van der Waals surface area contributed by atoms with Crippen molar-refractivity contribution in [3.63, 3.8) is 0 Å². The Morgan fingerprint density at radius 3 is 1.00 bits per heavy atom. The third kappa shape index (κ3) is 31.1. The topological polar surface area (TPSA) is 325 Å². The lowest BCUT2D eigenvalue weighted by molar-refractivity contribution is -0.118. The molecule has 4 aromatic carbocycles. The van der Waals surface area contributed by atoms with Gasteiger partial charge in [0.05, 0.1) is 55.1 Å². The molecule has 0 radical (unpaired) electrons. The van der Waals surface area contributed by atoms with E-state index in [2.05, 4.69) is 92.5 Å². The lowest BCUT2D eigenvalue weighted by Crippen LogP contribution is -2.22. The normalized spacial score (nSPS) is 10.9. The Morgan fingerprint density at radius 1 is 0.457 bits per heavy atom. The third-order valence-corrected chi connectivity index (χ3v) is 18.0. The molecular weight excluding hydrogens is 1530 g/mol. The van der Waals surface area contributed by atoms with Gasteiger partial charge in [-0.1, -0.05) is 167 Å². The minimum atomic E-state index is -4.36. The van der Waals surface area contributed by atoms with Gasteiger partial charge in [0, 0.05) is 79.0 Å². The Morgan fingerprint density at radius 2 is 0.743 bits per heavy atom. The molecule has 8 aromatic rings. The number of hydrogen-bond donors (Lipinski definition) is 6. The van der Waals surface area contributed by atoms with Crippen molar-refractivity contribution in [2.45, 2.75) is 162 Å². The fourth-order valence-corrected chi connectivity index (χ4v) is 11.9. The number of nitrogen functional groups attached to an aromatic ring is 3. The number of nitrogens with two attached hydrogens (primary N) is 4. The van der Waals surface area contributed by atoms with Crippen LogP contribution >= 0.6 is 81.5 Å². The van der Waals surface area contributed by atoms with Crippen LogP contribution in [0.5, 0.6) is 23.0 Å². The van der Waals surface area contributed by atoms with Gasteiger partial charge in [-0.2, -0.15) is 31.3 Å². The molecule has 0 aliphatic rings. The monoisotopic (exact) mass is 1630 g/mol. The number of anilines is 4. The fourth-order valence-electron chi connectivity index (χ4n) is 9.41.